The fourth-order valence-corrected chi connectivity index (χ4v) is 1.73. The molecule has 0 aromatic carbocycles. The first-order valence-electron chi connectivity index (χ1n) is 7.35. The molecule has 2 rings (SSSR count). The Labute approximate surface area is 137 Å². The van der Waals surface area contributed by atoms with E-state index in [1.807, 2.05) is 37.6 Å². The van der Waals surface area contributed by atoms with Gasteiger partial charge in [0.15, 0.2) is 0 Å². The number of methoxy groups -OCH3 is 1. The van der Waals surface area contributed by atoms with Gasteiger partial charge in [0.2, 0.25) is 0 Å². The Morgan fingerprint density at radius 2 is 2.05 bits per heavy atom. The predicted molar refractivity (Wildman–Crippen MR) is 93.8 cm³/mol. The minimum atomic E-state index is -0.306. The van der Waals surface area contributed by atoms with E-state index < -0.39 is 0 Å². The average molecular weight is 331 g/mol. The number of nitrogens with zero attached hydrogens (tertiary/aromatic N) is 2. The average Bonchev–Trinajstić information content (AvgIpc) is 3.06. The van der Waals surface area contributed by atoms with Gasteiger partial charge in [-0.25, -0.2) is 9.78 Å². The molecular weight excluding hydrogens is 302 g/mol. The van der Waals surface area contributed by atoms with Gasteiger partial charge in [-0.15, -0.1) is 11.8 Å². The van der Waals surface area contributed by atoms with E-state index in [2.05, 4.69) is 23.8 Å². The molecule has 22 heavy (non-hydrogen) atoms. The van der Waals surface area contributed by atoms with Crippen LogP contribution in [0.15, 0.2) is 17.1 Å². The van der Waals surface area contributed by atoms with E-state index in [1.54, 1.807) is 13.2 Å². The van der Waals surface area contributed by atoms with E-state index >= 15 is 0 Å². The smallest absolute Gasteiger partial charge is 0.346 e. The summed E-state index contributed by atoms with van der Waals surface area (Å²) in [4.78, 5) is 19.0. The van der Waals surface area contributed by atoms with Crippen LogP contribution in [0.2, 0.25) is 0 Å². The lowest BCUT2D eigenvalue weighted by atomic mass is 10.3. The fraction of sp³-hybridized carbons (Fsp3) is 0.733. The Hall–Kier alpha value is -1.05. The third-order valence-corrected chi connectivity index (χ3v) is 3.61. The largest absolute Gasteiger partial charge is 0.382 e. The van der Waals surface area contributed by atoms with Crippen LogP contribution in [-0.2, 0) is 9.47 Å². The van der Waals surface area contributed by atoms with E-state index in [0.717, 1.165) is 18.4 Å². The third kappa shape index (κ3) is 10.6. The van der Waals surface area contributed by atoms with Gasteiger partial charge in [0.1, 0.15) is 5.82 Å². The van der Waals surface area contributed by atoms with Crippen molar-refractivity contribution in [1.82, 2.24) is 9.97 Å². The van der Waals surface area contributed by atoms with Gasteiger partial charge in [0.05, 0.1) is 18.6 Å². The second-order valence-electron chi connectivity index (χ2n) is 5.18. The molecule has 0 unspecified atom stereocenters. The van der Waals surface area contributed by atoms with Crippen LogP contribution in [0.1, 0.15) is 27.7 Å². The molecule has 0 atom stereocenters. The van der Waals surface area contributed by atoms with Crippen molar-refractivity contribution in [3.05, 3.63) is 22.7 Å². The topological polar surface area (TPSA) is 67.5 Å². The number of rotatable bonds is 3. The van der Waals surface area contributed by atoms with Crippen molar-refractivity contribution in [2.75, 3.05) is 37.4 Å². The highest BCUT2D eigenvalue weighted by Crippen LogP contribution is 2.07. The summed E-state index contributed by atoms with van der Waals surface area (Å²) in [6.45, 7) is 9.07. The van der Waals surface area contributed by atoms with Gasteiger partial charge < -0.3 is 14.4 Å². The van der Waals surface area contributed by atoms with Crippen LogP contribution in [-0.4, -0.2) is 54.6 Å². The van der Waals surface area contributed by atoms with Gasteiger partial charge in [-0.3, -0.25) is 4.98 Å². The lowest BCUT2D eigenvalue weighted by molar-refractivity contribution is 0.134. The Morgan fingerprint density at radius 3 is 2.36 bits per heavy atom. The number of ether oxygens (including phenoxy) is 2. The molecule has 0 amide bonds. The van der Waals surface area contributed by atoms with E-state index in [0.29, 0.717) is 12.1 Å². The highest BCUT2D eigenvalue weighted by Gasteiger charge is 2.04. The number of aromatic nitrogens is 2. The fourth-order valence-electron chi connectivity index (χ4n) is 1.14. The van der Waals surface area contributed by atoms with Crippen molar-refractivity contribution in [2.24, 2.45) is 0 Å². The van der Waals surface area contributed by atoms with Gasteiger partial charge in [-0.1, -0.05) is 0 Å². The molecule has 2 heterocycles. The molecule has 1 aromatic heterocycles. The maximum Gasteiger partial charge on any atom is 0.346 e. The van der Waals surface area contributed by atoms with Crippen LogP contribution >= 0.6 is 11.8 Å². The van der Waals surface area contributed by atoms with E-state index in [-0.39, 0.29) is 5.69 Å². The van der Waals surface area contributed by atoms with Crippen molar-refractivity contribution in [3.63, 3.8) is 0 Å². The SMILES string of the molecule is C1CSCO1.CC(C)N(C)c1ccnc(=O)[nH]1.COC(C)C. The Bertz CT molecular complexity index is 426. The minimum absolute atomic E-state index is 0.306. The van der Waals surface area contributed by atoms with Crippen LogP contribution in [0.5, 0.6) is 0 Å². The highest BCUT2D eigenvalue weighted by atomic mass is 32.2. The number of H-pyrrole nitrogens is 1. The maximum absolute atomic E-state index is 10.8. The van der Waals surface area contributed by atoms with Crippen molar-refractivity contribution in [1.29, 1.82) is 0 Å². The molecule has 1 saturated heterocycles. The first-order chi connectivity index (χ1) is 10.4. The minimum Gasteiger partial charge on any atom is -0.382 e. The lowest BCUT2D eigenvalue weighted by Gasteiger charge is -2.22. The number of thioether (sulfide) groups is 1. The molecule has 1 aliphatic heterocycles. The summed E-state index contributed by atoms with van der Waals surface area (Å²) in [6, 6.07) is 2.14. The third-order valence-electron chi connectivity index (χ3n) is 2.82. The molecular formula is C15H29N3O3S. The zero-order chi connectivity index (χ0) is 17.0. The summed E-state index contributed by atoms with van der Waals surface area (Å²) in [6.07, 6.45) is 1.89. The van der Waals surface area contributed by atoms with Gasteiger partial charge in [-0.2, -0.15) is 0 Å². The van der Waals surface area contributed by atoms with Gasteiger partial charge in [-0.05, 0) is 33.8 Å². The number of hydrogen-bond acceptors (Lipinski definition) is 6. The quantitative estimate of drug-likeness (QED) is 0.917. The monoisotopic (exact) mass is 331 g/mol. The standard InChI is InChI=1S/C8H13N3O.C4H10O.C3H6OS/c1-6(2)11(3)7-4-5-9-8(12)10-7;1-4(2)5-3;1-2-5-3-4-1/h4-6H,1-3H3,(H,9,10,12);4H,1-3H3;1-3H2. The molecule has 6 nitrogen and oxygen atoms in total. The molecule has 0 aliphatic carbocycles. The highest BCUT2D eigenvalue weighted by molar-refractivity contribution is 7.99. The molecule has 1 N–H and O–H groups in total. The first kappa shape index (κ1) is 20.9. The molecule has 1 aliphatic rings. The zero-order valence-corrected chi connectivity index (χ0v) is 15.3. The second-order valence-corrected chi connectivity index (χ2v) is 6.24. The lowest BCUT2D eigenvalue weighted by Crippen LogP contribution is -2.28. The normalized spacial score (nSPS) is 13.3. The van der Waals surface area contributed by atoms with E-state index in [1.165, 1.54) is 11.9 Å². The molecule has 0 saturated carbocycles. The Morgan fingerprint density at radius 1 is 1.41 bits per heavy atom. The van der Waals surface area contributed by atoms with Crippen molar-refractivity contribution < 1.29 is 9.47 Å². The molecule has 0 spiro atoms. The summed E-state index contributed by atoms with van der Waals surface area (Å²) in [5.41, 5.74) is -0.306. The predicted octanol–water partition coefficient (Wildman–Crippen LogP) is 2.36. The van der Waals surface area contributed by atoms with Crippen LogP contribution in [0.25, 0.3) is 0 Å². The van der Waals surface area contributed by atoms with Gasteiger partial charge >= 0.3 is 5.69 Å². The Kier molecular flexibility index (Phi) is 11.9. The molecule has 1 fully saturated rings. The summed E-state index contributed by atoms with van der Waals surface area (Å²) in [7, 11) is 3.63. The maximum atomic E-state index is 10.8. The summed E-state index contributed by atoms with van der Waals surface area (Å²) >= 11 is 1.85. The molecule has 128 valence electrons. The first-order valence-corrected chi connectivity index (χ1v) is 8.50. The molecule has 0 radical (unpaired) electrons. The number of nitrogens with one attached hydrogen (secondary N) is 1. The summed E-state index contributed by atoms with van der Waals surface area (Å²) in [5, 5.41) is 0. The van der Waals surface area contributed by atoms with Crippen LogP contribution in [0.4, 0.5) is 5.82 Å². The number of hydrogen-bond donors (Lipinski definition) is 1. The van der Waals surface area contributed by atoms with E-state index in [4.69, 9.17) is 9.47 Å². The van der Waals surface area contributed by atoms with Crippen molar-refractivity contribution >= 4 is 17.6 Å². The molecule has 7 heteroatoms. The molecule has 1 aromatic rings. The zero-order valence-electron chi connectivity index (χ0n) is 14.5. The number of anilines is 1. The van der Waals surface area contributed by atoms with Crippen LogP contribution in [0.3, 0.4) is 0 Å². The number of aromatic amines is 1. The van der Waals surface area contributed by atoms with Crippen molar-refractivity contribution in [3.8, 4) is 0 Å². The van der Waals surface area contributed by atoms with Gasteiger partial charge in [0.25, 0.3) is 0 Å². The van der Waals surface area contributed by atoms with Crippen LogP contribution in [0, 0.1) is 0 Å². The van der Waals surface area contributed by atoms with E-state index in [9.17, 15) is 4.79 Å². The van der Waals surface area contributed by atoms with Gasteiger partial charge in [0, 0.05) is 32.1 Å². The summed E-state index contributed by atoms with van der Waals surface area (Å²) < 4.78 is 9.66. The van der Waals surface area contributed by atoms with Crippen LogP contribution < -0.4 is 10.6 Å². The van der Waals surface area contributed by atoms with Crippen molar-refractivity contribution in [2.45, 2.75) is 39.8 Å². The molecule has 0 bridgehead atoms. The Balaban J connectivity index is 0.000000363. The summed E-state index contributed by atoms with van der Waals surface area (Å²) in [5.74, 6) is 2.91. The second kappa shape index (κ2) is 12.5.